The fraction of sp³-hybridized carbons (Fsp3) is 0.923. The van der Waals surface area contributed by atoms with E-state index in [1.807, 2.05) is 0 Å². The van der Waals surface area contributed by atoms with Crippen LogP contribution in [0.1, 0.15) is 32.1 Å². The van der Waals surface area contributed by atoms with Crippen molar-refractivity contribution in [1.29, 1.82) is 0 Å². The van der Waals surface area contributed by atoms with Crippen molar-refractivity contribution in [3.8, 4) is 0 Å². The molecule has 5 nitrogen and oxygen atoms in total. The molecule has 0 aromatic carbocycles. The van der Waals surface area contributed by atoms with E-state index in [1.165, 1.54) is 19.3 Å². The molecule has 5 heteroatoms. The van der Waals surface area contributed by atoms with E-state index in [0.717, 1.165) is 32.5 Å². The molecular weight excluding hydrogens is 228 g/mol. The van der Waals surface area contributed by atoms with Crippen LogP contribution in [-0.2, 0) is 4.79 Å². The van der Waals surface area contributed by atoms with Crippen LogP contribution < -0.4 is 16.8 Å². The molecule has 1 saturated carbocycles. The van der Waals surface area contributed by atoms with Crippen LogP contribution in [0.3, 0.4) is 0 Å². The number of nitrogens with two attached hydrogens (primary N) is 2. The third-order valence-corrected chi connectivity index (χ3v) is 4.38. The van der Waals surface area contributed by atoms with Crippen LogP contribution in [-0.4, -0.2) is 49.1 Å². The Bertz CT molecular complexity index is 276. The minimum absolute atomic E-state index is 0.222. The number of rotatable bonds is 5. The number of nitrogens with one attached hydrogen (secondary N) is 1. The number of carbonyl (C=O) groups excluding carboxylic acids is 1. The molecule has 18 heavy (non-hydrogen) atoms. The first-order chi connectivity index (χ1) is 8.69. The lowest BCUT2D eigenvalue weighted by atomic mass is 9.99. The maximum Gasteiger partial charge on any atom is 0.231 e. The molecule has 2 rings (SSSR count). The molecule has 2 atom stereocenters. The highest BCUT2D eigenvalue weighted by Gasteiger charge is 2.29. The van der Waals surface area contributed by atoms with Gasteiger partial charge >= 0.3 is 0 Å². The van der Waals surface area contributed by atoms with Crippen molar-refractivity contribution in [2.45, 2.75) is 44.2 Å². The summed E-state index contributed by atoms with van der Waals surface area (Å²) in [6.45, 7) is 3.15. The van der Waals surface area contributed by atoms with Crippen molar-refractivity contribution in [1.82, 2.24) is 10.2 Å². The maximum absolute atomic E-state index is 10.9. The van der Waals surface area contributed by atoms with Gasteiger partial charge in [-0.2, -0.15) is 0 Å². The van der Waals surface area contributed by atoms with Crippen molar-refractivity contribution in [2.75, 3.05) is 26.2 Å². The van der Waals surface area contributed by atoms with E-state index in [4.69, 9.17) is 11.5 Å². The molecule has 0 radical (unpaired) electrons. The Kier molecular flexibility index (Phi) is 4.97. The smallest absolute Gasteiger partial charge is 0.231 e. The zero-order chi connectivity index (χ0) is 13.0. The van der Waals surface area contributed by atoms with Crippen LogP contribution in [0, 0.1) is 5.92 Å². The number of primary amides is 1. The van der Waals surface area contributed by atoms with E-state index in [2.05, 4.69) is 10.2 Å². The van der Waals surface area contributed by atoms with Crippen LogP contribution in [0.4, 0.5) is 0 Å². The predicted octanol–water partition coefficient (Wildman–Crippen LogP) is -0.347. The highest BCUT2D eigenvalue weighted by atomic mass is 16.1. The lowest BCUT2D eigenvalue weighted by Gasteiger charge is -2.34. The SMILES string of the molecule is NCC1CCCC1NC1CCN(CC(N)=O)CC1. The summed E-state index contributed by atoms with van der Waals surface area (Å²) in [6, 6.07) is 1.20. The normalized spacial score (nSPS) is 30.7. The zero-order valence-corrected chi connectivity index (χ0v) is 11.1. The second-order valence-electron chi connectivity index (χ2n) is 5.72. The molecule has 0 bridgehead atoms. The van der Waals surface area contributed by atoms with Gasteiger partial charge in [0.15, 0.2) is 0 Å². The summed E-state index contributed by atoms with van der Waals surface area (Å²) in [6.07, 6.45) is 6.07. The molecule has 2 fully saturated rings. The molecule has 0 spiro atoms. The van der Waals surface area contributed by atoms with Gasteiger partial charge < -0.3 is 16.8 Å². The lowest BCUT2D eigenvalue weighted by Crippen LogP contribution is -2.49. The standard InChI is InChI=1S/C13H26N4O/c14-8-10-2-1-3-12(10)16-11-4-6-17(7-5-11)9-13(15)18/h10-12,16H,1-9,14H2,(H2,15,18). The molecule has 5 N–H and O–H groups in total. The Morgan fingerprint density at radius 2 is 1.94 bits per heavy atom. The van der Waals surface area contributed by atoms with E-state index in [1.54, 1.807) is 0 Å². The van der Waals surface area contributed by atoms with Gasteiger partial charge in [-0.1, -0.05) is 6.42 Å². The largest absolute Gasteiger partial charge is 0.369 e. The molecule has 1 saturated heterocycles. The second kappa shape index (κ2) is 6.50. The Labute approximate surface area is 109 Å². The predicted molar refractivity (Wildman–Crippen MR) is 72.0 cm³/mol. The van der Waals surface area contributed by atoms with Crippen LogP contribution in [0.2, 0.25) is 0 Å². The number of nitrogens with zero attached hydrogens (tertiary/aromatic N) is 1. The highest BCUT2D eigenvalue weighted by Crippen LogP contribution is 2.26. The Morgan fingerprint density at radius 3 is 2.56 bits per heavy atom. The van der Waals surface area contributed by atoms with Crippen LogP contribution in [0.25, 0.3) is 0 Å². The third-order valence-electron chi connectivity index (χ3n) is 4.38. The van der Waals surface area contributed by atoms with Crippen molar-refractivity contribution in [2.24, 2.45) is 17.4 Å². The van der Waals surface area contributed by atoms with Gasteiger partial charge in [0.1, 0.15) is 0 Å². The summed E-state index contributed by atoms with van der Waals surface area (Å²) in [7, 11) is 0. The van der Waals surface area contributed by atoms with Crippen molar-refractivity contribution < 1.29 is 4.79 Å². The Morgan fingerprint density at radius 1 is 1.22 bits per heavy atom. The second-order valence-corrected chi connectivity index (χ2v) is 5.72. The molecule has 104 valence electrons. The summed E-state index contributed by atoms with van der Waals surface area (Å²) in [5.74, 6) is 0.439. The van der Waals surface area contributed by atoms with Gasteiger partial charge in [0.2, 0.25) is 5.91 Å². The minimum Gasteiger partial charge on any atom is -0.369 e. The maximum atomic E-state index is 10.9. The first-order valence-electron chi connectivity index (χ1n) is 7.16. The molecule has 2 aliphatic rings. The number of piperidine rings is 1. The monoisotopic (exact) mass is 254 g/mol. The number of hydrogen-bond acceptors (Lipinski definition) is 4. The average molecular weight is 254 g/mol. The first kappa shape index (κ1) is 13.8. The van der Waals surface area contributed by atoms with Gasteiger partial charge in [0.25, 0.3) is 0 Å². The molecule has 1 amide bonds. The highest BCUT2D eigenvalue weighted by molar-refractivity contribution is 5.75. The van der Waals surface area contributed by atoms with Crippen molar-refractivity contribution >= 4 is 5.91 Å². The van der Waals surface area contributed by atoms with Crippen LogP contribution in [0.15, 0.2) is 0 Å². The number of carbonyl (C=O) groups is 1. The first-order valence-corrected chi connectivity index (χ1v) is 7.16. The fourth-order valence-corrected chi connectivity index (χ4v) is 3.32. The van der Waals surface area contributed by atoms with Gasteiger partial charge in [-0.05, 0) is 38.1 Å². The lowest BCUT2D eigenvalue weighted by molar-refractivity contribution is -0.119. The molecular formula is C13H26N4O. The number of likely N-dealkylation sites (tertiary alicyclic amines) is 1. The van der Waals surface area contributed by atoms with E-state index in [-0.39, 0.29) is 5.91 Å². The van der Waals surface area contributed by atoms with Gasteiger partial charge in [-0.25, -0.2) is 0 Å². The van der Waals surface area contributed by atoms with Gasteiger partial charge in [-0.15, -0.1) is 0 Å². The molecule has 1 heterocycles. The van der Waals surface area contributed by atoms with Gasteiger partial charge in [-0.3, -0.25) is 9.69 Å². The average Bonchev–Trinajstić information content (AvgIpc) is 2.78. The van der Waals surface area contributed by atoms with E-state index in [9.17, 15) is 4.79 Å². The fourth-order valence-electron chi connectivity index (χ4n) is 3.32. The molecule has 1 aliphatic heterocycles. The van der Waals surface area contributed by atoms with E-state index < -0.39 is 0 Å². The van der Waals surface area contributed by atoms with E-state index >= 15 is 0 Å². The zero-order valence-electron chi connectivity index (χ0n) is 11.1. The van der Waals surface area contributed by atoms with Crippen molar-refractivity contribution in [3.63, 3.8) is 0 Å². The number of amides is 1. The van der Waals surface area contributed by atoms with Crippen molar-refractivity contribution in [3.05, 3.63) is 0 Å². The minimum atomic E-state index is -0.222. The molecule has 0 aromatic heterocycles. The quantitative estimate of drug-likeness (QED) is 0.626. The van der Waals surface area contributed by atoms with E-state index in [0.29, 0.717) is 24.5 Å². The molecule has 2 unspecified atom stereocenters. The Hall–Kier alpha value is -0.650. The third kappa shape index (κ3) is 3.67. The summed E-state index contributed by atoms with van der Waals surface area (Å²) in [5, 5.41) is 3.77. The molecule has 1 aliphatic carbocycles. The number of hydrogen-bond donors (Lipinski definition) is 3. The summed E-state index contributed by atoms with van der Waals surface area (Å²) in [5.41, 5.74) is 11.0. The topological polar surface area (TPSA) is 84.4 Å². The van der Waals surface area contributed by atoms with Gasteiger partial charge in [0, 0.05) is 25.2 Å². The summed E-state index contributed by atoms with van der Waals surface area (Å²) in [4.78, 5) is 13.0. The van der Waals surface area contributed by atoms with Gasteiger partial charge in [0.05, 0.1) is 6.54 Å². The Balaban J connectivity index is 1.71. The van der Waals surface area contributed by atoms with Crippen LogP contribution >= 0.6 is 0 Å². The summed E-state index contributed by atoms with van der Waals surface area (Å²) >= 11 is 0. The van der Waals surface area contributed by atoms with Crippen LogP contribution in [0.5, 0.6) is 0 Å². The molecule has 0 aromatic rings. The summed E-state index contributed by atoms with van der Waals surface area (Å²) < 4.78 is 0.